The van der Waals surface area contributed by atoms with Crippen LogP contribution in [0.4, 0.5) is 0 Å². The number of carbonyl (C=O) groups excluding carboxylic acids is 1. The molecule has 0 saturated carbocycles. The Labute approximate surface area is 110 Å². The third-order valence-corrected chi connectivity index (χ3v) is 3.63. The van der Waals surface area contributed by atoms with Gasteiger partial charge in [-0.2, -0.15) is 5.26 Å². The van der Waals surface area contributed by atoms with E-state index in [1.165, 1.54) is 12.8 Å². The van der Waals surface area contributed by atoms with Crippen LogP contribution in [-0.2, 0) is 4.79 Å². The maximum Gasteiger partial charge on any atom is 0.222 e. The van der Waals surface area contributed by atoms with Crippen molar-refractivity contribution in [2.45, 2.75) is 52.0 Å². The van der Waals surface area contributed by atoms with E-state index in [1.807, 2.05) is 18.7 Å². The average molecular weight is 251 g/mol. The van der Waals surface area contributed by atoms with E-state index in [4.69, 9.17) is 5.26 Å². The molecule has 0 aromatic heterocycles. The predicted molar refractivity (Wildman–Crippen MR) is 71.9 cm³/mol. The number of nitrogens with one attached hydrogen (secondary N) is 1. The van der Waals surface area contributed by atoms with Gasteiger partial charge in [-0.15, -0.1) is 0 Å². The van der Waals surface area contributed by atoms with Crippen molar-refractivity contribution in [3.05, 3.63) is 0 Å². The molecule has 1 amide bonds. The van der Waals surface area contributed by atoms with Crippen molar-refractivity contribution >= 4 is 5.91 Å². The molecular weight excluding hydrogens is 226 g/mol. The van der Waals surface area contributed by atoms with Gasteiger partial charge in [0, 0.05) is 19.0 Å². The molecular formula is C14H25N3O. The fraction of sp³-hybridized carbons (Fsp3) is 0.857. The number of rotatable bonds is 6. The van der Waals surface area contributed by atoms with Crippen molar-refractivity contribution in [2.24, 2.45) is 5.92 Å². The second kappa shape index (κ2) is 8.10. The topological polar surface area (TPSA) is 56.1 Å². The number of piperidine rings is 1. The first kappa shape index (κ1) is 15.0. The highest BCUT2D eigenvalue weighted by Crippen LogP contribution is 2.18. The predicted octanol–water partition coefficient (Wildman–Crippen LogP) is 1.92. The van der Waals surface area contributed by atoms with E-state index in [-0.39, 0.29) is 11.9 Å². The molecule has 1 aliphatic rings. The summed E-state index contributed by atoms with van der Waals surface area (Å²) in [6.45, 7) is 6.77. The lowest BCUT2D eigenvalue weighted by molar-refractivity contribution is -0.133. The van der Waals surface area contributed by atoms with Crippen LogP contribution in [0.3, 0.4) is 0 Å². The summed E-state index contributed by atoms with van der Waals surface area (Å²) in [5, 5.41) is 12.0. The Morgan fingerprint density at radius 1 is 1.44 bits per heavy atom. The van der Waals surface area contributed by atoms with Gasteiger partial charge >= 0.3 is 0 Å². The molecule has 0 radical (unpaired) electrons. The van der Waals surface area contributed by atoms with Crippen LogP contribution in [-0.4, -0.2) is 36.5 Å². The van der Waals surface area contributed by atoms with E-state index in [1.54, 1.807) is 0 Å². The summed E-state index contributed by atoms with van der Waals surface area (Å²) in [6, 6.07) is 2.30. The Balaban J connectivity index is 2.33. The second-order valence-corrected chi connectivity index (χ2v) is 5.32. The van der Waals surface area contributed by atoms with Crippen LogP contribution in [0.25, 0.3) is 0 Å². The van der Waals surface area contributed by atoms with Gasteiger partial charge in [0.15, 0.2) is 0 Å². The molecule has 1 fully saturated rings. The first-order valence-electron chi connectivity index (χ1n) is 7.02. The lowest BCUT2D eigenvalue weighted by atomic mass is 9.93. The first-order valence-corrected chi connectivity index (χ1v) is 7.02. The van der Waals surface area contributed by atoms with E-state index in [2.05, 4.69) is 11.4 Å². The van der Waals surface area contributed by atoms with Gasteiger partial charge in [-0.3, -0.25) is 4.79 Å². The number of amides is 1. The third kappa shape index (κ3) is 5.05. The molecule has 0 aliphatic carbocycles. The van der Waals surface area contributed by atoms with Crippen LogP contribution in [0.15, 0.2) is 0 Å². The lowest BCUT2D eigenvalue weighted by Gasteiger charge is -2.27. The largest absolute Gasteiger partial charge is 0.339 e. The molecule has 0 aromatic carbocycles. The molecule has 0 unspecified atom stereocenters. The maximum absolute atomic E-state index is 12.1. The van der Waals surface area contributed by atoms with E-state index >= 15 is 0 Å². The minimum absolute atomic E-state index is 0.193. The summed E-state index contributed by atoms with van der Waals surface area (Å²) >= 11 is 0. The van der Waals surface area contributed by atoms with Crippen LogP contribution in [0.5, 0.6) is 0 Å². The van der Waals surface area contributed by atoms with Gasteiger partial charge < -0.3 is 10.2 Å². The van der Waals surface area contributed by atoms with Crippen LogP contribution in [0.1, 0.15) is 46.0 Å². The van der Waals surface area contributed by atoms with E-state index < -0.39 is 0 Å². The summed E-state index contributed by atoms with van der Waals surface area (Å²) in [7, 11) is 0. The Morgan fingerprint density at radius 3 is 2.67 bits per heavy atom. The van der Waals surface area contributed by atoms with Crippen LogP contribution in [0, 0.1) is 17.2 Å². The SMILES string of the molecule is CC(C)N(CCC#N)C(=O)CCC1CCNCC1. The zero-order valence-corrected chi connectivity index (χ0v) is 11.6. The molecule has 4 heteroatoms. The van der Waals surface area contributed by atoms with Crippen molar-refractivity contribution < 1.29 is 4.79 Å². The minimum Gasteiger partial charge on any atom is -0.339 e. The van der Waals surface area contributed by atoms with Crippen LogP contribution in [0.2, 0.25) is 0 Å². The number of carbonyl (C=O) groups is 1. The third-order valence-electron chi connectivity index (χ3n) is 3.63. The Morgan fingerprint density at radius 2 is 2.11 bits per heavy atom. The molecule has 0 atom stereocenters. The molecule has 4 nitrogen and oxygen atoms in total. The Hall–Kier alpha value is -1.08. The molecule has 0 spiro atoms. The summed E-state index contributed by atoms with van der Waals surface area (Å²) in [6.07, 6.45) is 4.43. The van der Waals surface area contributed by atoms with Crippen molar-refractivity contribution in [3.63, 3.8) is 0 Å². The zero-order chi connectivity index (χ0) is 13.4. The fourth-order valence-corrected chi connectivity index (χ4v) is 2.48. The summed E-state index contributed by atoms with van der Waals surface area (Å²) < 4.78 is 0. The van der Waals surface area contributed by atoms with Gasteiger partial charge in [-0.1, -0.05) is 0 Å². The normalized spacial score (nSPS) is 16.6. The van der Waals surface area contributed by atoms with Gasteiger partial charge in [0.2, 0.25) is 5.91 Å². The van der Waals surface area contributed by atoms with E-state index in [0.29, 0.717) is 25.3 Å². The summed E-state index contributed by atoms with van der Waals surface area (Å²) in [5.74, 6) is 0.902. The quantitative estimate of drug-likeness (QED) is 0.784. The van der Waals surface area contributed by atoms with Gasteiger partial charge in [0.1, 0.15) is 0 Å². The second-order valence-electron chi connectivity index (χ2n) is 5.32. The number of hydrogen-bond donors (Lipinski definition) is 1. The average Bonchev–Trinajstić information content (AvgIpc) is 2.37. The zero-order valence-electron chi connectivity index (χ0n) is 11.6. The Kier molecular flexibility index (Phi) is 6.74. The Bertz CT molecular complexity index is 290. The molecule has 0 bridgehead atoms. The highest BCUT2D eigenvalue weighted by Gasteiger charge is 2.19. The molecule has 1 rings (SSSR count). The van der Waals surface area contributed by atoms with Crippen molar-refractivity contribution in [3.8, 4) is 6.07 Å². The lowest BCUT2D eigenvalue weighted by Crippen LogP contribution is -2.38. The smallest absolute Gasteiger partial charge is 0.222 e. The highest BCUT2D eigenvalue weighted by molar-refractivity contribution is 5.76. The molecule has 1 heterocycles. The number of nitrogens with zero attached hydrogens (tertiary/aromatic N) is 2. The molecule has 1 aliphatic heterocycles. The minimum atomic E-state index is 0.193. The maximum atomic E-state index is 12.1. The van der Waals surface area contributed by atoms with E-state index in [0.717, 1.165) is 19.5 Å². The van der Waals surface area contributed by atoms with Gasteiger partial charge in [0.25, 0.3) is 0 Å². The number of nitriles is 1. The fourth-order valence-electron chi connectivity index (χ4n) is 2.48. The number of hydrogen-bond acceptors (Lipinski definition) is 3. The standard InChI is InChI=1S/C14H25N3O/c1-12(2)17(11-3-8-15)14(18)5-4-13-6-9-16-10-7-13/h12-13,16H,3-7,9-11H2,1-2H3. The first-order chi connectivity index (χ1) is 8.65. The van der Waals surface area contributed by atoms with E-state index in [9.17, 15) is 4.79 Å². The summed E-state index contributed by atoms with van der Waals surface area (Å²) in [5.41, 5.74) is 0. The van der Waals surface area contributed by atoms with Crippen LogP contribution >= 0.6 is 0 Å². The molecule has 18 heavy (non-hydrogen) atoms. The molecule has 1 N–H and O–H groups in total. The molecule has 102 valence electrons. The van der Waals surface area contributed by atoms with Crippen molar-refractivity contribution in [2.75, 3.05) is 19.6 Å². The molecule has 1 saturated heterocycles. The monoisotopic (exact) mass is 251 g/mol. The van der Waals surface area contributed by atoms with Gasteiger partial charge in [0.05, 0.1) is 12.5 Å². The van der Waals surface area contributed by atoms with Crippen molar-refractivity contribution in [1.29, 1.82) is 5.26 Å². The molecule has 0 aromatic rings. The highest BCUT2D eigenvalue weighted by atomic mass is 16.2. The van der Waals surface area contributed by atoms with Crippen LogP contribution < -0.4 is 5.32 Å². The summed E-state index contributed by atoms with van der Waals surface area (Å²) in [4.78, 5) is 14.0. The van der Waals surface area contributed by atoms with Crippen molar-refractivity contribution in [1.82, 2.24) is 10.2 Å². The van der Waals surface area contributed by atoms with Gasteiger partial charge in [-0.05, 0) is 52.1 Å². The van der Waals surface area contributed by atoms with Gasteiger partial charge in [-0.25, -0.2) is 0 Å².